The first kappa shape index (κ1) is 21.3. The van der Waals surface area contributed by atoms with Crippen molar-refractivity contribution < 1.29 is 9.90 Å². The number of thioether (sulfide) groups is 1. The zero-order chi connectivity index (χ0) is 22.3. The second kappa shape index (κ2) is 9.93. The number of carbonyl (C=O) groups is 1. The van der Waals surface area contributed by atoms with Crippen molar-refractivity contribution in [2.45, 2.75) is 12.1 Å². The van der Waals surface area contributed by atoms with Crippen molar-refractivity contribution in [1.29, 1.82) is 0 Å². The van der Waals surface area contributed by atoms with Gasteiger partial charge in [0.25, 0.3) is 5.91 Å². The Hall–Kier alpha value is -3.91. The van der Waals surface area contributed by atoms with Gasteiger partial charge in [-0.15, -0.1) is 10.2 Å². The summed E-state index contributed by atoms with van der Waals surface area (Å²) in [6, 6.07) is 24.6. The third-order valence-corrected chi connectivity index (χ3v) is 5.55. The average molecular weight is 444 g/mol. The first-order valence-electron chi connectivity index (χ1n) is 9.92. The maximum Gasteiger partial charge on any atom is 0.250 e. The van der Waals surface area contributed by atoms with Crippen molar-refractivity contribution in [1.82, 2.24) is 20.2 Å². The summed E-state index contributed by atoms with van der Waals surface area (Å²) >= 11 is 1.27. The topological polar surface area (TPSA) is 92.4 Å². The van der Waals surface area contributed by atoms with E-state index < -0.39 is 0 Å². The van der Waals surface area contributed by atoms with E-state index in [1.165, 1.54) is 18.0 Å². The fourth-order valence-corrected chi connectivity index (χ4v) is 3.74. The lowest BCUT2D eigenvalue weighted by Crippen LogP contribution is -2.20. The minimum Gasteiger partial charge on any atom is -0.507 e. The number of phenolic OH excluding ortho intramolecular Hbond substituents is 1. The molecule has 1 aromatic heterocycles. The molecule has 0 unspecified atom stereocenters. The van der Waals surface area contributed by atoms with Crippen LogP contribution in [-0.4, -0.2) is 37.7 Å². The van der Waals surface area contributed by atoms with Crippen LogP contribution in [-0.2, 0) is 4.79 Å². The van der Waals surface area contributed by atoms with E-state index in [4.69, 9.17) is 0 Å². The summed E-state index contributed by atoms with van der Waals surface area (Å²) in [6.07, 6.45) is 1.40. The van der Waals surface area contributed by atoms with E-state index in [1.807, 2.05) is 66.1 Å². The zero-order valence-corrected chi connectivity index (χ0v) is 18.2. The molecule has 0 aliphatic heterocycles. The summed E-state index contributed by atoms with van der Waals surface area (Å²) in [4.78, 5) is 12.3. The first-order chi connectivity index (χ1) is 15.6. The number of aryl methyl sites for hydroxylation is 1. The monoisotopic (exact) mass is 443 g/mol. The van der Waals surface area contributed by atoms with Crippen LogP contribution in [0.3, 0.4) is 0 Å². The highest BCUT2D eigenvalue weighted by Crippen LogP contribution is 2.28. The van der Waals surface area contributed by atoms with Crippen LogP contribution in [0.1, 0.15) is 11.1 Å². The molecule has 4 rings (SSSR count). The molecule has 0 aliphatic carbocycles. The Morgan fingerprint density at radius 2 is 1.75 bits per heavy atom. The van der Waals surface area contributed by atoms with Crippen molar-refractivity contribution in [3.8, 4) is 22.8 Å². The van der Waals surface area contributed by atoms with Crippen LogP contribution in [0, 0.1) is 6.92 Å². The number of aromatic hydroxyl groups is 1. The highest BCUT2D eigenvalue weighted by molar-refractivity contribution is 7.99. The molecule has 0 atom stereocenters. The summed E-state index contributed by atoms with van der Waals surface area (Å²) in [6.45, 7) is 2.03. The predicted octanol–water partition coefficient (Wildman–Crippen LogP) is 4.19. The van der Waals surface area contributed by atoms with Gasteiger partial charge in [0.05, 0.1) is 12.0 Å². The molecule has 32 heavy (non-hydrogen) atoms. The number of para-hydroxylation sites is 2. The van der Waals surface area contributed by atoms with Gasteiger partial charge in [0.2, 0.25) is 0 Å². The number of carbonyl (C=O) groups excluding carboxylic acids is 1. The molecule has 0 bridgehead atoms. The molecule has 7 nitrogen and oxygen atoms in total. The molecular formula is C24H21N5O2S. The van der Waals surface area contributed by atoms with Gasteiger partial charge in [0.1, 0.15) is 5.75 Å². The Labute approximate surface area is 189 Å². The Morgan fingerprint density at radius 3 is 2.50 bits per heavy atom. The normalized spacial score (nSPS) is 11.0. The Morgan fingerprint density at radius 1 is 1.03 bits per heavy atom. The number of hydrogen-bond acceptors (Lipinski definition) is 6. The van der Waals surface area contributed by atoms with E-state index in [0.717, 1.165) is 16.8 Å². The third kappa shape index (κ3) is 5.04. The van der Waals surface area contributed by atoms with Gasteiger partial charge in [-0.2, -0.15) is 5.10 Å². The van der Waals surface area contributed by atoms with Gasteiger partial charge in [-0.25, -0.2) is 5.43 Å². The van der Waals surface area contributed by atoms with E-state index in [2.05, 4.69) is 20.7 Å². The number of hydrogen-bond donors (Lipinski definition) is 2. The van der Waals surface area contributed by atoms with E-state index in [0.29, 0.717) is 16.5 Å². The summed E-state index contributed by atoms with van der Waals surface area (Å²) in [7, 11) is 0. The number of nitrogens with zero attached hydrogens (tertiary/aromatic N) is 4. The van der Waals surface area contributed by atoms with Gasteiger partial charge in [-0.1, -0.05) is 71.9 Å². The fourth-order valence-electron chi connectivity index (χ4n) is 3.00. The second-order valence-electron chi connectivity index (χ2n) is 6.98. The maximum absolute atomic E-state index is 12.3. The molecule has 0 saturated heterocycles. The largest absolute Gasteiger partial charge is 0.507 e. The minimum absolute atomic E-state index is 0.0967. The molecule has 0 aliphatic rings. The Bertz CT molecular complexity index is 1240. The van der Waals surface area contributed by atoms with Crippen LogP contribution < -0.4 is 5.43 Å². The second-order valence-corrected chi connectivity index (χ2v) is 7.93. The van der Waals surface area contributed by atoms with Crippen LogP contribution in [0.15, 0.2) is 89.1 Å². The average Bonchev–Trinajstić information content (AvgIpc) is 3.24. The van der Waals surface area contributed by atoms with Crippen molar-refractivity contribution in [2.24, 2.45) is 5.10 Å². The Kier molecular flexibility index (Phi) is 6.62. The molecule has 0 fully saturated rings. The van der Waals surface area contributed by atoms with Gasteiger partial charge < -0.3 is 5.11 Å². The molecule has 1 amide bonds. The third-order valence-electron chi connectivity index (χ3n) is 4.62. The van der Waals surface area contributed by atoms with Crippen molar-refractivity contribution >= 4 is 23.9 Å². The van der Waals surface area contributed by atoms with Crippen LogP contribution in [0.5, 0.6) is 5.75 Å². The quantitative estimate of drug-likeness (QED) is 0.254. The lowest BCUT2D eigenvalue weighted by molar-refractivity contribution is -0.118. The van der Waals surface area contributed by atoms with Gasteiger partial charge in [-0.3, -0.25) is 9.36 Å². The summed E-state index contributed by atoms with van der Waals surface area (Å²) in [5, 5.41) is 23.0. The first-order valence-corrected chi connectivity index (χ1v) is 10.9. The molecule has 0 saturated carbocycles. The minimum atomic E-state index is -0.291. The number of nitrogens with one attached hydrogen (secondary N) is 1. The van der Waals surface area contributed by atoms with Crippen molar-refractivity contribution in [3.05, 3.63) is 90.0 Å². The van der Waals surface area contributed by atoms with Crippen molar-refractivity contribution in [2.75, 3.05) is 5.75 Å². The number of amides is 1. The van der Waals surface area contributed by atoms with Crippen LogP contribution in [0.25, 0.3) is 17.1 Å². The number of hydrazone groups is 1. The fraction of sp³-hybridized carbons (Fsp3) is 0.0833. The molecule has 4 aromatic rings. The van der Waals surface area contributed by atoms with E-state index in [1.54, 1.807) is 24.3 Å². The lowest BCUT2D eigenvalue weighted by Gasteiger charge is -2.10. The number of benzene rings is 3. The maximum atomic E-state index is 12.3. The SMILES string of the molecule is Cc1ccc(-c2nnc(SCC(=O)NN=Cc3ccccc3O)n2-c2ccccc2)cc1. The van der Waals surface area contributed by atoms with Gasteiger partial charge in [-0.05, 0) is 31.2 Å². The number of rotatable bonds is 7. The van der Waals surface area contributed by atoms with E-state index in [9.17, 15) is 9.90 Å². The lowest BCUT2D eigenvalue weighted by atomic mass is 10.1. The zero-order valence-electron chi connectivity index (χ0n) is 17.3. The molecule has 0 radical (unpaired) electrons. The standard InChI is InChI=1S/C24H21N5O2S/c1-17-11-13-18(14-12-17)23-27-28-24(29(23)20-8-3-2-4-9-20)32-16-22(31)26-25-15-19-7-5-6-10-21(19)30/h2-15,30H,16H2,1H3,(H,26,31). The van der Waals surface area contributed by atoms with Gasteiger partial charge in [0, 0.05) is 16.8 Å². The van der Waals surface area contributed by atoms with Gasteiger partial charge in [0.15, 0.2) is 11.0 Å². The summed E-state index contributed by atoms with van der Waals surface area (Å²) in [5.41, 5.74) is 6.01. The molecule has 2 N–H and O–H groups in total. The molecule has 160 valence electrons. The van der Waals surface area contributed by atoms with Crippen LogP contribution in [0.4, 0.5) is 0 Å². The van der Waals surface area contributed by atoms with Crippen molar-refractivity contribution in [3.63, 3.8) is 0 Å². The number of aromatic nitrogens is 3. The van der Waals surface area contributed by atoms with Gasteiger partial charge >= 0.3 is 0 Å². The van der Waals surface area contributed by atoms with Crippen LogP contribution in [0.2, 0.25) is 0 Å². The number of phenols is 1. The predicted molar refractivity (Wildman–Crippen MR) is 126 cm³/mol. The molecule has 1 heterocycles. The molecule has 8 heteroatoms. The molecular weight excluding hydrogens is 422 g/mol. The van der Waals surface area contributed by atoms with Crippen LogP contribution >= 0.6 is 11.8 Å². The van der Waals surface area contributed by atoms with E-state index in [-0.39, 0.29) is 17.4 Å². The molecule has 0 spiro atoms. The summed E-state index contributed by atoms with van der Waals surface area (Å²) < 4.78 is 1.94. The smallest absolute Gasteiger partial charge is 0.250 e. The van der Waals surface area contributed by atoms with E-state index >= 15 is 0 Å². The highest BCUT2D eigenvalue weighted by Gasteiger charge is 2.17. The summed E-state index contributed by atoms with van der Waals surface area (Å²) in [5.74, 6) is 0.620. The Balaban J connectivity index is 1.50. The highest BCUT2D eigenvalue weighted by atomic mass is 32.2. The molecule has 3 aromatic carbocycles.